The number of amides is 1. The summed E-state index contributed by atoms with van der Waals surface area (Å²) in [6.45, 7) is 10.3. The second-order valence-corrected chi connectivity index (χ2v) is 8.17. The van der Waals surface area contributed by atoms with Crippen LogP contribution in [0.15, 0.2) is 47.6 Å². The van der Waals surface area contributed by atoms with E-state index < -0.39 is 0 Å². The largest absolute Gasteiger partial charge is 0.325 e. The van der Waals surface area contributed by atoms with Crippen molar-refractivity contribution >= 4 is 23.4 Å². The number of para-hydroxylation sites is 1. The van der Waals surface area contributed by atoms with Crippen molar-refractivity contribution in [3.8, 4) is 5.69 Å². The van der Waals surface area contributed by atoms with Crippen LogP contribution in [-0.4, -0.2) is 26.4 Å². The number of hydrogen-bond donors (Lipinski definition) is 1. The highest BCUT2D eigenvalue weighted by Crippen LogP contribution is 2.28. The molecule has 0 saturated carbocycles. The maximum Gasteiger partial charge on any atom is 0.234 e. The minimum atomic E-state index is -0.0442. The molecule has 0 aliphatic heterocycles. The highest BCUT2D eigenvalue weighted by molar-refractivity contribution is 7.99. The lowest BCUT2D eigenvalue weighted by molar-refractivity contribution is -0.113. The Bertz CT molecular complexity index is 977. The highest BCUT2D eigenvalue weighted by atomic mass is 32.2. The molecule has 1 heterocycles. The van der Waals surface area contributed by atoms with Crippen molar-refractivity contribution in [2.45, 2.75) is 45.7 Å². The molecule has 0 fully saturated rings. The Morgan fingerprint density at radius 3 is 2.46 bits per heavy atom. The van der Waals surface area contributed by atoms with E-state index in [1.54, 1.807) is 0 Å². The molecule has 6 heteroatoms. The first kappa shape index (κ1) is 20.1. The smallest absolute Gasteiger partial charge is 0.234 e. The molecule has 0 aliphatic rings. The van der Waals surface area contributed by atoms with Crippen molar-refractivity contribution in [2.75, 3.05) is 11.1 Å². The van der Waals surface area contributed by atoms with Crippen LogP contribution in [0.3, 0.4) is 0 Å². The summed E-state index contributed by atoms with van der Waals surface area (Å²) in [7, 11) is 0. The Labute approximate surface area is 170 Å². The summed E-state index contributed by atoms with van der Waals surface area (Å²) < 4.78 is 1.98. The van der Waals surface area contributed by atoms with E-state index in [0.717, 1.165) is 28.3 Å². The third-order valence-corrected chi connectivity index (χ3v) is 5.54. The number of aryl methyl sites for hydroxylation is 3. The van der Waals surface area contributed by atoms with Crippen molar-refractivity contribution in [3.63, 3.8) is 0 Å². The fourth-order valence-corrected chi connectivity index (χ4v) is 3.87. The number of nitrogens with one attached hydrogen (secondary N) is 1. The maximum atomic E-state index is 12.6. The molecule has 1 amide bonds. The molecule has 0 spiro atoms. The molecular weight excluding hydrogens is 368 g/mol. The van der Waals surface area contributed by atoms with E-state index in [1.807, 2.05) is 42.7 Å². The normalized spacial score (nSPS) is 11.1. The molecule has 0 bridgehead atoms. The average Bonchev–Trinajstić information content (AvgIpc) is 3.03. The van der Waals surface area contributed by atoms with Gasteiger partial charge in [0.15, 0.2) is 5.16 Å². The summed E-state index contributed by atoms with van der Waals surface area (Å²) in [4.78, 5) is 12.6. The molecule has 3 aromatic rings. The van der Waals surface area contributed by atoms with Gasteiger partial charge in [-0.15, -0.1) is 10.2 Å². The van der Waals surface area contributed by atoms with Crippen LogP contribution < -0.4 is 5.32 Å². The third-order valence-electron chi connectivity index (χ3n) is 4.61. The van der Waals surface area contributed by atoms with Crippen molar-refractivity contribution < 1.29 is 4.79 Å². The number of anilines is 1. The lowest BCUT2D eigenvalue weighted by atomic mass is 9.98. The number of thioether (sulfide) groups is 1. The Balaban J connectivity index is 1.74. The lowest BCUT2D eigenvalue weighted by Gasteiger charge is -2.16. The summed E-state index contributed by atoms with van der Waals surface area (Å²) in [6.07, 6.45) is 0. The van der Waals surface area contributed by atoms with Gasteiger partial charge in [0.05, 0.1) is 5.75 Å². The molecule has 5 nitrogen and oxygen atoms in total. The van der Waals surface area contributed by atoms with Crippen molar-refractivity contribution in [2.24, 2.45) is 0 Å². The van der Waals surface area contributed by atoms with Crippen LogP contribution in [0.25, 0.3) is 5.69 Å². The number of carbonyl (C=O) groups is 1. The van der Waals surface area contributed by atoms with Crippen LogP contribution in [0, 0.1) is 20.8 Å². The topological polar surface area (TPSA) is 59.8 Å². The zero-order chi connectivity index (χ0) is 20.3. The Morgan fingerprint density at radius 1 is 1.07 bits per heavy atom. The minimum absolute atomic E-state index is 0.0442. The van der Waals surface area contributed by atoms with E-state index in [9.17, 15) is 4.79 Å². The van der Waals surface area contributed by atoms with Gasteiger partial charge in [0.25, 0.3) is 0 Å². The van der Waals surface area contributed by atoms with E-state index in [0.29, 0.717) is 11.1 Å². The van der Waals surface area contributed by atoms with E-state index >= 15 is 0 Å². The third kappa shape index (κ3) is 4.44. The van der Waals surface area contributed by atoms with E-state index in [-0.39, 0.29) is 11.7 Å². The average molecular weight is 395 g/mol. The maximum absolute atomic E-state index is 12.6. The van der Waals surface area contributed by atoms with Gasteiger partial charge in [-0.25, -0.2) is 0 Å². The van der Waals surface area contributed by atoms with Gasteiger partial charge in [0.1, 0.15) is 5.82 Å². The Kier molecular flexibility index (Phi) is 6.19. The van der Waals surface area contributed by atoms with Gasteiger partial charge >= 0.3 is 0 Å². The SMILES string of the molecule is Cc1ccc(-n2c(C)nnc2SCC(=O)Nc2c(C)cccc2C(C)C)cc1. The summed E-state index contributed by atoms with van der Waals surface area (Å²) >= 11 is 1.39. The summed E-state index contributed by atoms with van der Waals surface area (Å²) in [5.41, 5.74) is 5.33. The van der Waals surface area contributed by atoms with Crippen LogP contribution in [0.1, 0.15) is 42.3 Å². The molecule has 0 radical (unpaired) electrons. The molecular formula is C22H26N4OS. The first-order valence-corrected chi connectivity index (χ1v) is 10.4. The van der Waals surface area contributed by atoms with Crippen LogP contribution in [0.2, 0.25) is 0 Å². The first-order valence-electron chi connectivity index (χ1n) is 9.38. The minimum Gasteiger partial charge on any atom is -0.325 e. The second-order valence-electron chi connectivity index (χ2n) is 7.23. The van der Waals surface area contributed by atoms with Crippen molar-refractivity contribution in [1.82, 2.24) is 14.8 Å². The zero-order valence-corrected chi connectivity index (χ0v) is 17.8. The summed E-state index contributed by atoms with van der Waals surface area (Å²) in [6, 6.07) is 14.3. The van der Waals surface area contributed by atoms with Gasteiger partial charge < -0.3 is 5.32 Å². The van der Waals surface area contributed by atoms with Crippen LogP contribution >= 0.6 is 11.8 Å². The number of carbonyl (C=O) groups excluding carboxylic acids is 1. The van der Waals surface area contributed by atoms with Crippen LogP contribution in [-0.2, 0) is 4.79 Å². The molecule has 0 aliphatic carbocycles. The van der Waals surface area contributed by atoms with E-state index in [4.69, 9.17) is 0 Å². The van der Waals surface area contributed by atoms with Gasteiger partial charge in [0, 0.05) is 11.4 Å². The Morgan fingerprint density at radius 2 is 1.79 bits per heavy atom. The first-order chi connectivity index (χ1) is 13.4. The zero-order valence-electron chi connectivity index (χ0n) is 17.0. The van der Waals surface area contributed by atoms with Crippen molar-refractivity contribution in [1.29, 1.82) is 0 Å². The molecule has 0 saturated heterocycles. The fourth-order valence-electron chi connectivity index (χ4n) is 3.08. The monoisotopic (exact) mass is 394 g/mol. The fraction of sp³-hybridized carbons (Fsp3) is 0.318. The predicted molar refractivity (Wildman–Crippen MR) is 115 cm³/mol. The lowest BCUT2D eigenvalue weighted by Crippen LogP contribution is -2.17. The van der Waals surface area contributed by atoms with Gasteiger partial charge in [-0.1, -0.05) is 61.5 Å². The van der Waals surface area contributed by atoms with Crippen molar-refractivity contribution in [3.05, 3.63) is 65.0 Å². The van der Waals surface area contributed by atoms with Gasteiger partial charge in [-0.05, 0) is 49.9 Å². The number of nitrogens with zero attached hydrogens (tertiary/aromatic N) is 3. The molecule has 146 valence electrons. The number of hydrogen-bond acceptors (Lipinski definition) is 4. The predicted octanol–water partition coefficient (Wildman–Crippen LogP) is 5.05. The van der Waals surface area contributed by atoms with Gasteiger partial charge in [-0.2, -0.15) is 0 Å². The molecule has 1 aromatic heterocycles. The highest BCUT2D eigenvalue weighted by Gasteiger charge is 2.15. The summed E-state index contributed by atoms with van der Waals surface area (Å²) in [5, 5.41) is 12.2. The second kappa shape index (κ2) is 8.61. The molecule has 0 unspecified atom stereocenters. The number of benzene rings is 2. The number of rotatable bonds is 6. The number of aromatic nitrogens is 3. The van der Waals surface area contributed by atoms with Crippen LogP contribution in [0.4, 0.5) is 5.69 Å². The molecule has 28 heavy (non-hydrogen) atoms. The van der Waals surface area contributed by atoms with Gasteiger partial charge in [-0.3, -0.25) is 9.36 Å². The van der Waals surface area contributed by atoms with Crippen LogP contribution in [0.5, 0.6) is 0 Å². The van der Waals surface area contributed by atoms with E-state index in [2.05, 4.69) is 54.5 Å². The molecule has 1 N–H and O–H groups in total. The quantitative estimate of drug-likeness (QED) is 0.595. The van der Waals surface area contributed by atoms with Gasteiger partial charge in [0.2, 0.25) is 5.91 Å². The standard InChI is InChI=1S/C22H26N4OS/c1-14(2)19-8-6-7-16(4)21(19)23-20(27)13-28-22-25-24-17(5)26(22)18-11-9-15(3)10-12-18/h6-12,14H,13H2,1-5H3,(H,23,27). The molecule has 3 rings (SSSR count). The summed E-state index contributed by atoms with van der Waals surface area (Å²) in [5.74, 6) is 1.37. The molecule has 0 atom stereocenters. The van der Waals surface area contributed by atoms with E-state index in [1.165, 1.54) is 17.3 Å². The molecule has 2 aromatic carbocycles. The Hall–Kier alpha value is -2.60.